The molecule has 0 fully saturated rings. The molecule has 8 aromatic rings. The predicted molar refractivity (Wildman–Crippen MR) is 284 cm³/mol. The molecule has 0 aliphatic rings. The Morgan fingerprint density at radius 1 is 0.325 bits per heavy atom. The van der Waals surface area contributed by atoms with Crippen molar-refractivity contribution in [2.45, 2.75) is 30.8 Å². The third kappa shape index (κ3) is 15.6. The van der Waals surface area contributed by atoms with Crippen LogP contribution in [0.25, 0.3) is 21.5 Å². The molecule has 8 aromatic carbocycles. The number of rotatable bonds is 26. The van der Waals surface area contributed by atoms with Gasteiger partial charge in [0.25, 0.3) is 0 Å². The molecular weight excluding hydrogens is 989 g/mol. The molecule has 0 bridgehead atoms. The van der Waals surface area contributed by atoms with Gasteiger partial charge >= 0.3 is 23.9 Å². The van der Waals surface area contributed by atoms with E-state index in [9.17, 15) is 39.6 Å². The lowest BCUT2D eigenvalue weighted by Crippen LogP contribution is -2.26. The summed E-state index contributed by atoms with van der Waals surface area (Å²) in [4.78, 5) is 50.6. The van der Waals surface area contributed by atoms with Crippen molar-refractivity contribution in [3.05, 3.63) is 215 Å². The normalized spacial score (nSPS) is 12.6. The highest BCUT2D eigenvalue weighted by atomic mass is 16.6. The average Bonchev–Trinajstić information content (AvgIpc) is 3.47. The first kappa shape index (κ1) is 54.5. The zero-order valence-electron chi connectivity index (χ0n) is 41.7. The van der Waals surface area contributed by atoms with Crippen LogP contribution in [0.3, 0.4) is 0 Å². The van der Waals surface area contributed by atoms with Crippen LogP contribution < -0.4 is 18.9 Å². The van der Waals surface area contributed by atoms with Gasteiger partial charge in [-0.2, -0.15) is 0 Å². The smallest absolute Gasteiger partial charge is 0.338 e. The van der Waals surface area contributed by atoms with Crippen LogP contribution in [0.15, 0.2) is 182 Å². The molecule has 0 aliphatic carbocycles. The van der Waals surface area contributed by atoms with Gasteiger partial charge in [0.05, 0.1) is 22.3 Å². The number of hydrogen-bond donors (Lipinski definition) is 4. The average molecular weight is 1050 g/mol. The molecule has 4 N–H and O–H groups in total. The summed E-state index contributed by atoms with van der Waals surface area (Å²) in [5, 5.41) is 46.6. The molecule has 4 atom stereocenters. The summed E-state index contributed by atoms with van der Waals surface area (Å²) in [6.45, 7) is -2.43. The van der Waals surface area contributed by atoms with Crippen molar-refractivity contribution in [2.24, 2.45) is 0 Å². The Bertz CT molecular complexity index is 3000. The monoisotopic (exact) mass is 1040 g/mol. The number of hydrogen-bond acceptors (Lipinski definition) is 16. The molecule has 8 rings (SSSR count). The lowest BCUT2D eigenvalue weighted by Gasteiger charge is -2.21. The summed E-state index contributed by atoms with van der Waals surface area (Å²) >= 11 is 0. The Kier molecular flexibility index (Phi) is 19.2. The van der Waals surface area contributed by atoms with Crippen molar-refractivity contribution >= 4 is 45.4 Å². The highest BCUT2D eigenvalue weighted by Crippen LogP contribution is 2.39. The number of aliphatic hydroxyl groups excluding tert-OH is 4. The molecule has 0 heterocycles. The van der Waals surface area contributed by atoms with Gasteiger partial charge in [0.2, 0.25) is 0 Å². The quantitative estimate of drug-likeness (QED) is 0.0298. The van der Waals surface area contributed by atoms with Crippen molar-refractivity contribution in [1.29, 1.82) is 0 Å². The molecule has 0 radical (unpaired) electrons. The molecule has 0 saturated heterocycles. The van der Waals surface area contributed by atoms with E-state index < -0.39 is 48.3 Å². The van der Waals surface area contributed by atoms with Crippen LogP contribution in [0.2, 0.25) is 0 Å². The first-order chi connectivity index (χ1) is 37.5. The molecule has 0 aromatic heterocycles. The van der Waals surface area contributed by atoms with Crippen LogP contribution in [-0.2, 0) is 25.4 Å². The largest absolute Gasteiger partial charge is 0.491 e. The fourth-order valence-electron chi connectivity index (χ4n) is 7.94. The van der Waals surface area contributed by atoms with Gasteiger partial charge in [-0.05, 0) is 106 Å². The van der Waals surface area contributed by atoms with Gasteiger partial charge in [-0.25, -0.2) is 19.2 Å². The molecule has 16 heteroatoms. The molecule has 16 nitrogen and oxygen atoms in total. The van der Waals surface area contributed by atoms with E-state index in [1.54, 1.807) is 158 Å². The van der Waals surface area contributed by atoms with E-state index in [4.69, 9.17) is 37.9 Å². The Morgan fingerprint density at radius 2 is 0.597 bits per heavy atom. The van der Waals surface area contributed by atoms with Crippen LogP contribution in [0.1, 0.15) is 52.6 Å². The van der Waals surface area contributed by atoms with Crippen LogP contribution in [0.4, 0.5) is 0 Å². The number of esters is 4. The minimum Gasteiger partial charge on any atom is -0.491 e. The van der Waals surface area contributed by atoms with Crippen molar-refractivity contribution in [3.63, 3.8) is 0 Å². The Balaban J connectivity index is 1.08. The zero-order valence-corrected chi connectivity index (χ0v) is 41.7. The van der Waals surface area contributed by atoms with Gasteiger partial charge in [0.15, 0.2) is 0 Å². The Labute approximate surface area is 443 Å². The predicted octanol–water partition coefficient (Wildman–Crippen LogP) is 7.97. The van der Waals surface area contributed by atoms with Gasteiger partial charge < -0.3 is 58.3 Å². The first-order valence-electron chi connectivity index (χ1n) is 24.7. The van der Waals surface area contributed by atoms with Crippen molar-refractivity contribution in [1.82, 2.24) is 0 Å². The molecule has 4 unspecified atom stereocenters. The topological polar surface area (TPSA) is 223 Å². The third-order valence-electron chi connectivity index (χ3n) is 11.9. The van der Waals surface area contributed by atoms with E-state index in [1.165, 1.54) is 0 Å². The maximum Gasteiger partial charge on any atom is 0.338 e. The SMILES string of the molecule is O=C(OCC(O)COc1ccc2ccc(OCC(O)COC(=O)c3ccccc3)c(Cc3c(OCC(O)COC(=O)c4ccccc4)ccc4ccc(OCC(O)COC(=O)c5ccccc5)cc34)c2c1)c1ccccc1. The van der Waals surface area contributed by atoms with E-state index in [-0.39, 0.29) is 59.3 Å². The van der Waals surface area contributed by atoms with Gasteiger partial charge in [-0.3, -0.25) is 0 Å². The van der Waals surface area contributed by atoms with Gasteiger partial charge in [-0.1, -0.05) is 97.1 Å². The minimum atomic E-state index is -1.25. The number of ether oxygens (including phenoxy) is 8. The summed E-state index contributed by atoms with van der Waals surface area (Å²) in [5.74, 6) is -1.07. The Morgan fingerprint density at radius 3 is 0.896 bits per heavy atom. The zero-order chi connectivity index (χ0) is 53.9. The fourth-order valence-corrected chi connectivity index (χ4v) is 7.94. The lowest BCUT2D eigenvalue weighted by molar-refractivity contribution is 0.0127. The van der Waals surface area contributed by atoms with E-state index in [0.717, 1.165) is 10.8 Å². The van der Waals surface area contributed by atoms with Crippen LogP contribution >= 0.6 is 0 Å². The number of fused-ring (bicyclic) bond motifs is 2. The Hall–Kier alpha value is -8.80. The van der Waals surface area contributed by atoms with E-state index in [1.807, 2.05) is 24.3 Å². The minimum absolute atomic E-state index is 0.0700. The number of carbonyl (C=O) groups is 4. The number of aliphatic hydroxyl groups is 4. The van der Waals surface area contributed by atoms with Crippen LogP contribution in [0, 0.1) is 0 Å². The van der Waals surface area contributed by atoms with Crippen LogP contribution in [0.5, 0.6) is 23.0 Å². The van der Waals surface area contributed by atoms with Crippen molar-refractivity contribution in [3.8, 4) is 23.0 Å². The van der Waals surface area contributed by atoms with Gasteiger partial charge in [0, 0.05) is 17.5 Å². The first-order valence-corrected chi connectivity index (χ1v) is 24.7. The molecule has 77 heavy (non-hydrogen) atoms. The second kappa shape index (κ2) is 27.1. The molecular formula is C61H56O16. The summed E-state index contributed by atoms with van der Waals surface area (Å²) in [6.07, 6.45) is -4.78. The van der Waals surface area contributed by atoms with Crippen molar-refractivity contribution in [2.75, 3.05) is 52.9 Å². The summed E-state index contributed by atoms with van der Waals surface area (Å²) in [7, 11) is 0. The van der Waals surface area contributed by atoms with Crippen LogP contribution in [-0.4, -0.2) is 122 Å². The molecule has 0 spiro atoms. The van der Waals surface area contributed by atoms with Crippen molar-refractivity contribution < 1.29 is 77.5 Å². The number of benzene rings is 8. The molecule has 0 saturated carbocycles. The molecule has 396 valence electrons. The highest BCUT2D eigenvalue weighted by molar-refractivity contribution is 5.94. The highest BCUT2D eigenvalue weighted by Gasteiger charge is 2.22. The maximum absolute atomic E-state index is 12.7. The third-order valence-corrected chi connectivity index (χ3v) is 11.9. The standard InChI is InChI=1S/C61H56O16/c62-46(36-74-58(66)42-13-5-1-6-14-42)32-70-50-25-21-40-23-27-56(72-34-48(64)38-76-60(68)44-17-9-3-10-18-44)54(52(40)29-50)31-55-53-30-51(71-33-47(63)37-75-59(67)43-15-7-2-8-16-43)26-22-41(53)24-28-57(55)73-35-49(65)39-77-61(69)45-19-11-4-12-20-45/h1-30,46-49,62-65H,31-39H2. The van der Waals surface area contributed by atoms with E-state index in [2.05, 4.69) is 0 Å². The van der Waals surface area contributed by atoms with E-state index in [0.29, 0.717) is 67.2 Å². The molecule has 0 aliphatic heterocycles. The summed E-state index contributed by atoms with van der Waals surface area (Å²) in [6, 6.07) is 51.2. The van der Waals surface area contributed by atoms with Gasteiger partial charge in [0.1, 0.15) is 100 Å². The second-order valence-electron chi connectivity index (χ2n) is 17.7. The fraction of sp³-hybridized carbons (Fsp3) is 0.213. The lowest BCUT2D eigenvalue weighted by atomic mass is 9.93. The maximum atomic E-state index is 12.7. The summed E-state index contributed by atoms with van der Waals surface area (Å²) in [5.41, 5.74) is 2.47. The van der Waals surface area contributed by atoms with E-state index >= 15 is 0 Å². The molecule has 0 amide bonds. The second-order valence-corrected chi connectivity index (χ2v) is 17.7. The van der Waals surface area contributed by atoms with Gasteiger partial charge in [-0.15, -0.1) is 0 Å². The number of carbonyl (C=O) groups excluding carboxylic acids is 4. The summed E-state index contributed by atoms with van der Waals surface area (Å²) < 4.78 is 46.3.